The number of hydrogen-bond donors (Lipinski definition) is 2. The highest BCUT2D eigenvalue weighted by Crippen LogP contribution is 2.13. The maximum atomic E-state index is 11.6. The number of anilines is 1. The molecule has 0 heterocycles. The smallest absolute Gasteiger partial charge is 0.412 e. The summed E-state index contributed by atoms with van der Waals surface area (Å²) in [7, 11) is 0. The Labute approximate surface area is 128 Å². The molecule has 4 nitrogen and oxygen atoms in total. The molecule has 0 spiro atoms. The summed E-state index contributed by atoms with van der Waals surface area (Å²) >= 11 is 0. The Morgan fingerprint density at radius 2 is 1.86 bits per heavy atom. The summed E-state index contributed by atoms with van der Waals surface area (Å²) in [6.45, 7) is 10.9. The summed E-state index contributed by atoms with van der Waals surface area (Å²) < 4.78 is 5.22. The van der Waals surface area contributed by atoms with Gasteiger partial charge in [0.15, 0.2) is 0 Å². The molecule has 0 saturated carbocycles. The SMILES string of the molecule is CCC(C)NCCc1ccc(NC(=O)OC(C)(C)C)cc1. The number of carbonyl (C=O) groups is 1. The molecule has 1 rings (SSSR count). The van der Waals surface area contributed by atoms with E-state index in [9.17, 15) is 4.79 Å². The van der Waals surface area contributed by atoms with Crippen molar-refractivity contribution in [2.75, 3.05) is 11.9 Å². The molecule has 1 atom stereocenters. The maximum absolute atomic E-state index is 11.6. The van der Waals surface area contributed by atoms with Gasteiger partial charge in [0.1, 0.15) is 5.60 Å². The lowest BCUT2D eigenvalue weighted by Crippen LogP contribution is -2.27. The molecular weight excluding hydrogens is 264 g/mol. The van der Waals surface area contributed by atoms with Crippen molar-refractivity contribution in [1.29, 1.82) is 0 Å². The lowest BCUT2D eigenvalue weighted by molar-refractivity contribution is 0.0636. The number of hydrogen-bond acceptors (Lipinski definition) is 3. The van der Waals surface area contributed by atoms with Gasteiger partial charge < -0.3 is 10.1 Å². The average Bonchev–Trinajstić information content (AvgIpc) is 2.38. The van der Waals surface area contributed by atoms with Crippen LogP contribution in [0.4, 0.5) is 10.5 Å². The monoisotopic (exact) mass is 292 g/mol. The highest BCUT2D eigenvalue weighted by atomic mass is 16.6. The predicted molar refractivity (Wildman–Crippen MR) is 87.8 cm³/mol. The van der Waals surface area contributed by atoms with Crippen LogP contribution in [0.3, 0.4) is 0 Å². The Bertz CT molecular complexity index is 435. The quantitative estimate of drug-likeness (QED) is 0.834. The number of carbonyl (C=O) groups excluding carboxylic acids is 1. The molecule has 4 heteroatoms. The summed E-state index contributed by atoms with van der Waals surface area (Å²) in [5, 5.41) is 6.20. The zero-order valence-electron chi connectivity index (χ0n) is 13.8. The Morgan fingerprint density at radius 1 is 1.24 bits per heavy atom. The van der Waals surface area contributed by atoms with Crippen LogP contribution < -0.4 is 10.6 Å². The molecule has 0 radical (unpaired) electrons. The van der Waals surface area contributed by atoms with Gasteiger partial charge in [-0.05, 0) is 64.8 Å². The van der Waals surface area contributed by atoms with Gasteiger partial charge in [0, 0.05) is 11.7 Å². The van der Waals surface area contributed by atoms with E-state index < -0.39 is 11.7 Å². The Morgan fingerprint density at radius 3 is 2.38 bits per heavy atom. The molecule has 0 aliphatic rings. The van der Waals surface area contributed by atoms with Crippen LogP contribution in [0.2, 0.25) is 0 Å². The molecule has 0 saturated heterocycles. The first-order valence-electron chi connectivity index (χ1n) is 7.62. The van der Waals surface area contributed by atoms with Crippen LogP contribution in [-0.4, -0.2) is 24.3 Å². The van der Waals surface area contributed by atoms with E-state index in [4.69, 9.17) is 4.74 Å². The van der Waals surface area contributed by atoms with Gasteiger partial charge in [-0.2, -0.15) is 0 Å². The van der Waals surface area contributed by atoms with Crippen LogP contribution in [0, 0.1) is 0 Å². The first kappa shape index (κ1) is 17.5. The third-order valence-corrected chi connectivity index (χ3v) is 3.12. The first-order valence-corrected chi connectivity index (χ1v) is 7.62. The summed E-state index contributed by atoms with van der Waals surface area (Å²) in [6.07, 6.45) is 1.70. The highest BCUT2D eigenvalue weighted by molar-refractivity contribution is 5.84. The van der Waals surface area contributed by atoms with Gasteiger partial charge in [-0.1, -0.05) is 19.1 Å². The van der Waals surface area contributed by atoms with Gasteiger partial charge in [0.05, 0.1) is 0 Å². The average molecular weight is 292 g/mol. The molecule has 21 heavy (non-hydrogen) atoms. The van der Waals surface area contributed by atoms with E-state index in [1.54, 1.807) is 0 Å². The maximum Gasteiger partial charge on any atom is 0.412 e. The van der Waals surface area contributed by atoms with Crippen molar-refractivity contribution in [2.24, 2.45) is 0 Å². The van der Waals surface area contributed by atoms with Crippen LogP contribution in [0.5, 0.6) is 0 Å². The van der Waals surface area contributed by atoms with Crippen molar-refractivity contribution in [2.45, 2.75) is 59.1 Å². The molecular formula is C17H28N2O2. The van der Waals surface area contributed by atoms with Crippen LogP contribution in [0.15, 0.2) is 24.3 Å². The zero-order valence-corrected chi connectivity index (χ0v) is 13.8. The van der Waals surface area contributed by atoms with E-state index in [-0.39, 0.29) is 0 Å². The fourth-order valence-electron chi connectivity index (χ4n) is 1.78. The lowest BCUT2D eigenvalue weighted by Gasteiger charge is -2.19. The number of benzene rings is 1. The van der Waals surface area contributed by atoms with E-state index in [0.29, 0.717) is 6.04 Å². The van der Waals surface area contributed by atoms with E-state index in [0.717, 1.165) is 25.1 Å². The topological polar surface area (TPSA) is 50.4 Å². The second-order valence-electron chi connectivity index (χ2n) is 6.34. The molecule has 0 fully saturated rings. The number of nitrogens with one attached hydrogen (secondary N) is 2. The normalized spacial score (nSPS) is 12.8. The highest BCUT2D eigenvalue weighted by Gasteiger charge is 2.15. The van der Waals surface area contributed by atoms with Crippen molar-refractivity contribution in [3.63, 3.8) is 0 Å². The second kappa shape index (κ2) is 8.03. The van der Waals surface area contributed by atoms with Gasteiger partial charge in [-0.3, -0.25) is 5.32 Å². The second-order valence-corrected chi connectivity index (χ2v) is 6.34. The van der Waals surface area contributed by atoms with Gasteiger partial charge in [0.25, 0.3) is 0 Å². The minimum atomic E-state index is -0.480. The van der Waals surface area contributed by atoms with E-state index >= 15 is 0 Å². The van der Waals surface area contributed by atoms with Gasteiger partial charge in [0.2, 0.25) is 0 Å². The van der Waals surface area contributed by atoms with Gasteiger partial charge in [-0.15, -0.1) is 0 Å². The Balaban J connectivity index is 2.41. The Kier molecular flexibility index (Phi) is 6.69. The number of rotatable bonds is 6. The number of amides is 1. The Hall–Kier alpha value is -1.55. The predicted octanol–water partition coefficient (Wildman–Crippen LogP) is 3.96. The number of ether oxygens (including phenoxy) is 1. The molecule has 1 unspecified atom stereocenters. The molecule has 1 aromatic carbocycles. The van der Waals surface area contributed by atoms with Crippen molar-refractivity contribution >= 4 is 11.8 Å². The van der Waals surface area contributed by atoms with Crippen LogP contribution >= 0.6 is 0 Å². The minimum absolute atomic E-state index is 0.423. The lowest BCUT2D eigenvalue weighted by atomic mass is 10.1. The van der Waals surface area contributed by atoms with Crippen molar-refractivity contribution in [3.05, 3.63) is 29.8 Å². The fourth-order valence-corrected chi connectivity index (χ4v) is 1.78. The van der Waals surface area contributed by atoms with Crippen molar-refractivity contribution < 1.29 is 9.53 Å². The third-order valence-electron chi connectivity index (χ3n) is 3.12. The summed E-state index contributed by atoms with van der Waals surface area (Å²) in [5.74, 6) is 0. The van der Waals surface area contributed by atoms with Crippen molar-refractivity contribution in [3.8, 4) is 0 Å². The molecule has 0 aliphatic carbocycles. The minimum Gasteiger partial charge on any atom is -0.444 e. The molecule has 0 aromatic heterocycles. The molecule has 1 amide bonds. The zero-order chi connectivity index (χ0) is 15.9. The van der Waals surface area contributed by atoms with Crippen LogP contribution in [0.1, 0.15) is 46.6 Å². The van der Waals surface area contributed by atoms with Crippen molar-refractivity contribution in [1.82, 2.24) is 5.32 Å². The molecule has 0 aliphatic heterocycles. The summed E-state index contributed by atoms with van der Waals surface area (Å²) in [4.78, 5) is 11.6. The van der Waals surface area contributed by atoms with Gasteiger partial charge >= 0.3 is 6.09 Å². The molecule has 1 aromatic rings. The largest absolute Gasteiger partial charge is 0.444 e. The van der Waals surface area contributed by atoms with E-state index in [1.165, 1.54) is 5.56 Å². The molecule has 0 bridgehead atoms. The first-order chi connectivity index (χ1) is 9.80. The van der Waals surface area contributed by atoms with E-state index in [1.807, 2.05) is 45.0 Å². The summed E-state index contributed by atoms with van der Waals surface area (Å²) in [6, 6.07) is 8.43. The van der Waals surface area contributed by atoms with Gasteiger partial charge in [-0.25, -0.2) is 4.79 Å². The summed E-state index contributed by atoms with van der Waals surface area (Å²) in [5.41, 5.74) is 1.52. The fraction of sp³-hybridized carbons (Fsp3) is 0.588. The van der Waals surface area contributed by atoms with E-state index in [2.05, 4.69) is 24.5 Å². The molecule has 2 N–H and O–H groups in total. The van der Waals surface area contributed by atoms with Crippen LogP contribution in [0.25, 0.3) is 0 Å². The van der Waals surface area contributed by atoms with Crippen LogP contribution in [-0.2, 0) is 11.2 Å². The third kappa shape index (κ3) is 7.71. The standard InChI is InChI=1S/C17H28N2O2/c1-6-13(2)18-12-11-14-7-9-15(10-8-14)19-16(20)21-17(3,4)5/h7-10,13,18H,6,11-12H2,1-5H3,(H,19,20). The molecule has 118 valence electrons.